The first-order chi connectivity index (χ1) is 6.23. The summed E-state index contributed by atoms with van der Waals surface area (Å²) in [5, 5.41) is 7.19. The van der Waals surface area contributed by atoms with Gasteiger partial charge in [-0.1, -0.05) is 12.8 Å². The second kappa shape index (κ2) is 4.66. The number of rotatable bonds is 0. The van der Waals surface area contributed by atoms with Crippen LogP contribution < -0.4 is 5.32 Å². The van der Waals surface area contributed by atoms with Crippen LogP contribution in [-0.4, -0.2) is 30.3 Å². The van der Waals surface area contributed by atoms with Crippen molar-refractivity contribution in [3.63, 3.8) is 0 Å². The molecule has 1 saturated carbocycles. The van der Waals surface area contributed by atoms with Crippen molar-refractivity contribution >= 4 is 11.7 Å². The molecule has 2 rings (SSSR count). The average Bonchev–Trinajstić information content (AvgIpc) is 2.15. The Kier molecular flexibility index (Phi) is 4.01. The number of amides is 1. The standard InChI is InChI=1S/C9H13N2O2.Sc/c12-7-1-3-9(4-2-7)8(13)10-5-6-11-9;/h1-6H2,(H,10,13);/q-1;. The maximum absolute atomic E-state index is 11.6. The summed E-state index contributed by atoms with van der Waals surface area (Å²) in [4.78, 5) is 22.6. The normalized spacial score (nSPS) is 25.4. The summed E-state index contributed by atoms with van der Waals surface area (Å²) in [6.07, 6.45) is 2.24. The van der Waals surface area contributed by atoms with Gasteiger partial charge in [0.15, 0.2) is 0 Å². The van der Waals surface area contributed by atoms with Crippen LogP contribution in [0.3, 0.4) is 0 Å². The molecule has 14 heavy (non-hydrogen) atoms. The van der Waals surface area contributed by atoms with Gasteiger partial charge < -0.3 is 10.6 Å². The van der Waals surface area contributed by atoms with Crippen LogP contribution in [0, 0.1) is 0 Å². The third kappa shape index (κ3) is 2.14. The molecule has 4 nitrogen and oxygen atoms in total. The second-order valence-electron chi connectivity index (χ2n) is 3.71. The molecule has 2 fully saturated rings. The van der Waals surface area contributed by atoms with E-state index < -0.39 is 5.54 Å². The zero-order valence-electron chi connectivity index (χ0n) is 8.08. The first-order valence-corrected chi connectivity index (χ1v) is 4.72. The molecule has 0 aromatic carbocycles. The van der Waals surface area contributed by atoms with Gasteiger partial charge in [-0.05, 0) is 12.1 Å². The van der Waals surface area contributed by atoms with Gasteiger partial charge in [0.1, 0.15) is 5.78 Å². The van der Waals surface area contributed by atoms with Crippen molar-refractivity contribution in [2.75, 3.05) is 13.1 Å². The number of carbonyl (C=O) groups is 2. The number of hydrogen-bond acceptors (Lipinski definition) is 2. The first-order valence-electron chi connectivity index (χ1n) is 4.72. The minimum Gasteiger partial charge on any atom is -0.647 e. The fraction of sp³-hybridized carbons (Fsp3) is 0.778. The molecule has 1 N–H and O–H groups in total. The Bertz CT molecular complexity index is 245. The molecule has 1 spiro atoms. The van der Waals surface area contributed by atoms with Crippen molar-refractivity contribution in [3.05, 3.63) is 5.32 Å². The van der Waals surface area contributed by atoms with Gasteiger partial charge in [0.25, 0.3) is 0 Å². The fourth-order valence-corrected chi connectivity index (χ4v) is 2.00. The Morgan fingerprint density at radius 3 is 2.43 bits per heavy atom. The van der Waals surface area contributed by atoms with E-state index in [0.29, 0.717) is 38.8 Å². The van der Waals surface area contributed by atoms with Crippen LogP contribution in [0.2, 0.25) is 0 Å². The molecule has 0 atom stereocenters. The molecule has 1 amide bonds. The minimum absolute atomic E-state index is 0. The van der Waals surface area contributed by atoms with Gasteiger partial charge in [-0.3, -0.25) is 9.59 Å². The molecule has 0 aromatic heterocycles. The van der Waals surface area contributed by atoms with Crippen LogP contribution in [0.15, 0.2) is 0 Å². The molecule has 1 aliphatic carbocycles. The summed E-state index contributed by atoms with van der Waals surface area (Å²) in [7, 11) is 0. The van der Waals surface area contributed by atoms with Gasteiger partial charge in [-0.15, -0.1) is 6.54 Å². The Morgan fingerprint density at radius 2 is 1.86 bits per heavy atom. The molecule has 0 bridgehead atoms. The molecule has 1 aliphatic heterocycles. The van der Waals surface area contributed by atoms with Gasteiger partial charge in [-0.2, -0.15) is 0 Å². The zero-order chi connectivity index (χ0) is 9.31. The van der Waals surface area contributed by atoms with E-state index in [4.69, 9.17) is 0 Å². The summed E-state index contributed by atoms with van der Waals surface area (Å²) in [5.41, 5.74) is -0.549. The third-order valence-electron chi connectivity index (χ3n) is 2.87. The average molecular weight is 226 g/mol. The van der Waals surface area contributed by atoms with E-state index in [0.717, 1.165) is 0 Å². The summed E-state index contributed by atoms with van der Waals surface area (Å²) in [5.74, 6) is 0.283. The smallest absolute Gasteiger partial charge is 0.205 e. The van der Waals surface area contributed by atoms with Gasteiger partial charge in [0.2, 0.25) is 5.91 Å². The first kappa shape index (κ1) is 12.0. The number of hydrogen-bond donors (Lipinski definition) is 1. The quantitative estimate of drug-likeness (QED) is 0.648. The molecule has 1 saturated heterocycles. The van der Waals surface area contributed by atoms with Gasteiger partial charge in [0, 0.05) is 38.7 Å². The van der Waals surface area contributed by atoms with E-state index in [9.17, 15) is 9.59 Å². The molecular formula is C9H13N2O2Sc-. The second-order valence-corrected chi connectivity index (χ2v) is 3.71. The minimum atomic E-state index is -0.549. The summed E-state index contributed by atoms with van der Waals surface area (Å²) >= 11 is 0. The predicted octanol–water partition coefficient (Wildman–Crippen LogP) is 0.369. The van der Waals surface area contributed by atoms with Crippen molar-refractivity contribution in [2.24, 2.45) is 0 Å². The van der Waals surface area contributed by atoms with Gasteiger partial charge in [0.05, 0.1) is 0 Å². The molecule has 75 valence electrons. The number of nitrogens with one attached hydrogen (secondary N) is 1. The van der Waals surface area contributed by atoms with Gasteiger partial charge in [-0.25, -0.2) is 0 Å². The van der Waals surface area contributed by atoms with E-state index in [-0.39, 0.29) is 37.5 Å². The molecule has 1 heterocycles. The fourth-order valence-electron chi connectivity index (χ4n) is 2.00. The van der Waals surface area contributed by atoms with E-state index >= 15 is 0 Å². The van der Waals surface area contributed by atoms with Crippen LogP contribution in [0.4, 0.5) is 0 Å². The monoisotopic (exact) mass is 226 g/mol. The maximum Gasteiger partial charge on any atom is 0.205 e. The number of carbonyl (C=O) groups excluding carboxylic acids is 2. The number of nitrogens with zero attached hydrogens (tertiary/aromatic N) is 1. The SMILES string of the molecule is O=C1CCC2(CC1)[N-]CCNC2=O.[Sc]. The largest absolute Gasteiger partial charge is 0.647 e. The van der Waals surface area contributed by atoms with Crippen LogP contribution >= 0.6 is 0 Å². The molecule has 0 unspecified atom stereocenters. The van der Waals surface area contributed by atoms with Crippen LogP contribution in [0.25, 0.3) is 5.32 Å². The topological polar surface area (TPSA) is 60.3 Å². The Morgan fingerprint density at radius 1 is 1.21 bits per heavy atom. The third-order valence-corrected chi connectivity index (χ3v) is 2.87. The van der Waals surface area contributed by atoms with E-state index in [1.54, 1.807) is 0 Å². The van der Waals surface area contributed by atoms with Crippen molar-refractivity contribution in [1.82, 2.24) is 5.32 Å². The van der Waals surface area contributed by atoms with E-state index in [2.05, 4.69) is 10.6 Å². The predicted molar refractivity (Wildman–Crippen MR) is 47.4 cm³/mol. The van der Waals surface area contributed by atoms with E-state index in [1.807, 2.05) is 0 Å². The molecule has 2 aliphatic rings. The van der Waals surface area contributed by atoms with Crippen LogP contribution in [-0.2, 0) is 35.4 Å². The van der Waals surface area contributed by atoms with Crippen LogP contribution in [0.1, 0.15) is 25.7 Å². The number of ketones is 1. The summed E-state index contributed by atoms with van der Waals surface area (Å²) in [6.45, 7) is 1.34. The summed E-state index contributed by atoms with van der Waals surface area (Å²) < 4.78 is 0. The molecule has 5 heteroatoms. The Hall–Kier alpha value is -0.0299. The van der Waals surface area contributed by atoms with Gasteiger partial charge >= 0.3 is 0 Å². The van der Waals surface area contributed by atoms with Crippen molar-refractivity contribution in [2.45, 2.75) is 31.2 Å². The number of piperazine rings is 1. The maximum atomic E-state index is 11.6. The van der Waals surface area contributed by atoms with Crippen molar-refractivity contribution in [3.8, 4) is 0 Å². The van der Waals surface area contributed by atoms with Crippen molar-refractivity contribution in [1.29, 1.82) is 0 Å². The Labute approximate surface area is 102 Å². The molecular weight excluding hydrogens is 213 g/mol. The molecule has 0 aromatic rings. The number of Topliss-reactive ketones (excluding diaryl/α,β-unsaturated/α-hetero) is 1. The molecule has 1 radical (unpaired) electrons. The Balaban J connectivity index is 0.000000980. The van der Waals surface area contributed by atoms with Crippen LogP contribution in [0.5, 0.6) is 0 Å². The van der Waals surface area contributed by atoms with E-state index in [1.165, 1.54) is 0 Å². The van der Waals surface area contributed by atoms with Crippen molar-refractivity contribution < 1.29 is 35.4 Å². The summed E-state index contributed by atoms with van der Waals surface area (Å²) in [6, 6.07) is 0. The zero-order valence-corrected chi connectivity index (χ0v) is 9.89.